The van der Waals surface area contributed by atoms with Crippen LogP contribution >= 0.6 is 11.3 Å². The standard InChI is InChI=1S/C23H24N4O3S/c1-26(2)12-16-14-31-23-25-19(13-27(16)23)17-7-5-6-8-18(17)24-22(28)15-9-10-20(29-3)21(11-15)30-4/h5-11,13-14H,12H2,1-4H3,(H,24,28). The monoisotopic (exact) mass is 436 g/mol. The minimum Gasteiger partial charge on any atom is -0.493 e. The van der Waals surface area contributed by atoms with Crippen LogP contribution in [0.1, 0.15) is 16.1 Å². The van der Waals surface area contributed by atoms with Gasteiger partial charge in [-0.25, -0.2) is 4.98 Å². The van der Waals surface area contributed by atoms with E-state index in [2.05, 4.69) is 20.0 Å². The number of anilines is 1. The molecule has 4 rings (SSSR count). The summed E-state index contributed by atoms with van der Waals surface area (Å²) >= 11 is 1.61. The summed E-state index contributed by atoms with van der Waals surface area (Å²) in [4.78, 5) is 20.8. The largest absolute Gasteiger partial charge is 0.493 e. The lowest BCUT2D eigenvalue weighted by molar-refractivity contribution is 0.102. The number of rotatable bonds is 7. The number of benzene rings is 2. The van der Waals surface area contributed by atoms with Crippen molar-refractivity contribution in [3.05, 3.63) is 65.3 Å². The summed E-state index contributed by atoms with van der Waals surface area (Å²) in [7, 11) is 7.19. The highest BCUT2D eigenvalue weighted by atomic mass is 32.1. The van der Waals surface area contributed by atoms with Crippen LogP contribution in [-0.2, 0) is 6.54 Å². The van der Waals surface area contributed by atoms with Crippen molar-refractivity contribution >= 4 is 27.9 Å². The number of fused-ring (bicyclic) bond motifs is 1. The molecule has 1 N–H and O–H groups in total. The molecule has 0 aliphatic carbocycles. The van der Waals surface area contributed by atoms with E-state index in [4.69, 9.17) is 14.5 Å². The maximum Gasteiger partial charge on any atom is 0.255 e. The number of amides is 1. The Labute approximate surface area is 184 Å². The molecule has 0 aliphatic rings. The van der Waals surface area contributed by atoms with Gasteiger partial charge in [0.05, 0.1) is 25.6 Å². The molecule has 4 aromatic rings. The quantitative estimate of drug-likeness (QED) is 0.465. The van der Waals surface area contributed by atoms with E-state index in [0.717, 1.165) is 22.8 Å². The Kier molecular flexibility index (Phi) is 5.92. The first-order valence-corrected chi connectivity index (χ1v) is 10.6. The molecule has 31 heavy (non-hydrogen) atoms. The maximum absolute atomic E-state index is 12.9. The minimum absolute atomic E-state index is 0.234. The zero-order valence-corrected chi connectivity index (χ0v) is 18.7. The molecule has 0 bridgehead atoms. The normalized spacial score (nSPS) is 11.1. The first-order chi connectivity index (χ1) is 15.0. The third kappa shape index (κ3) is 4.26. The van der Waals surface area contributed by atoms with Gasteiger partial charge in [-0.15, -0.1) is 11.3 Å². The number of carbonyl (C=O) groups is 1. The van der Waals surface area contributed by atoms with Crippen molar-refractivity contribution < 1.29 is 14.3 Å². The van der Waals surface area contributed by atoms with Crippen molar-refractivity contribution in [3.63, 3.8) is 0 Å². The number of hydrogen-bond acceptors (Lipinski definition) is 6. The Morgan fingerprint density at radius 3 is 2.65 bits per heavy atom. The number of hydrogen-bond donors (Lipinski definition) is 1. The molecule has 2 heterocycles. The molecule has 0 atom stereocenters. The van der Waals surface area contributed by atoms with Crippen molar-refractivity contribution in [2.75, 3.05) is 33.6 Å². The summed E-state index contributed by atoms with van der Waals surface area (Å²) in [6, 6.07) is 12.8. The number of nitrogens with one attached hydrogen (secondary N) is 1. The number of methoxy groups -OCH3 is 2. The molecule has 0 aliphatic heterocycles. The number of para-hydroxylation sites is 1. The first-order valence-electron chi connectivity index (χ1n) is 9.73. The first kappa shape index (κ1) is 20.9. The molecular formula is C23H24N4O3S. The van der Waals surface area contributed by atoms with Gasteiger partial charge in [-0.3, -0.25) is 9.20 Å². The third-order valence-electron chi connectivity index (χ3n) is 4.86. The second kappa shape index (κ2) is 8.79. The van der Waals surface area contributed by atoms with Crippen molar-refractivity contribution in [2.45, 2.75) is 6.54 Å². The van der Waals surface area contributed by atoms with Crippen LogP contribution in [0.15, 0.2) is 54.0 Å². The molecule has 7 nitrogen and oxygen atoms in total. The highest BCUT2D eigenvalue weighted by molar-refractivity contribution is 7.15. The van der Waals surface area contributed by atoms with Crippen LogP contribution in [0, 0.1) is 0 Å². The molecule has 0 spiro atoms. The van der Waals surface area contributed by atoms with Crippen molar-refractivity contribution in [1.29, 1.82) is 0 Å². The van der Waals surface area contributed by atoms with Crippen LogP contribution in [-0.4, -0.2) is 48.5 Å². The minimum atomic E-state index is -0.234. The third-order valence-corrected chi connectivity index (χ3v) is 5.75. The zero-order chi connectivity index (χ0) is 22.0. The average molecular weight is 437 g/mol. The highest BCUT2D eigenvalue weighted by Gasteiger charge is 2.16. The second-order valence-electron chi connectivity index (χ2n) is 7.31. The molecule has 0 saturated carbocycles. The van der Waals surface area contributed by atoms with Crippen molar-refractivity contribution in [3.8, 4) is 22.8 Å². The fourth-order valence-electron chi connectivity index (χ4n) is 3.38. The number of imidazole rings is 1. The van der Waals surface area contributed by atoms with Gasteiger partial charge in [0, 0.05) is 34.9 Å². The number of ether oxygens (including phenoxy) is 2. The van der Waals surface area contributed by atoms with Crippen LogP contribution in [0.2, 0.25) is 0 Å². The number of nitrogens with zero attached hydrogens (tertiary/aromatic N) is 3. The Balaban J connectivity index is 1.64. The second-order valence-corrected chi connectivity index (χ2v) is 8.15. The Hall–Kier alpha value is -3.36. The van der Waals surface area contributed by atoms with Crippen LogP contribution in [0.4, 0.5) is 5.69 Å². The van der Waals surface area contributed by atoms with Gasteiger partial charge in [-0.2, -0.15) is 0 Å². The molecular weight excluding hydrogens is 412 g/mol. The number of carbonyl (C=O) groups excluding carboxylic acids is 1. The topological polar surface area (TPSA) is 68.1 Å². The van der Waals surface area contributed by atoms with E-state index < -0.39 is 0 Å². The predicted molar refractivity (Wildman–Crippen MR) is 123 cm³/mol. The summed E-state index contributed by atoms with van der Waals surface area (Å²) in [5.41, 5.74) is 4.03. The van der Waals surface area contributed by atoms with Gasteiger partial charge >= 0.3 is 0 Å². The van der Waals surface area contributed by atoms with E-state index in [0.29, 0.717) is 22.7 Å². The van der Waals surface area contributed by atoms with E-state index in [1.807, 2.05) is 44.6 Å². The molecule has 0 saturated heterocycles. The van der Waals surface area contributed by atoms with Crippen molar-refractivity contribution in [1.82, 2.24) is 14.3 Å². The van der Waals surface area contributed by atoms with Gasteiger partial charge in [0.15, 0.2) is 16.5 Å². The Morgan fingerprint density at radius 1 is 1.13 bits per heavy atom. The zero-order valence-electron chi connectivity index (χ0n) is 17.9. The van der Waals surface area contributed by atoms with Crippen LogP contribution in [0.25, 0.3) is 16.2 Å². The maximum atomic E-state index is 12.9. The lowest BCUT2D eigenvalue weighted by Gasteiger charge is -2.12. The average Bonchev–Trinajstić information content (AvgIpc) is 3.35. The summed E-state index contributed by atoms with van der Waals surface area (Å²) in [6.07, 6.45) is 2.02. The van der Waals surface area contributed by atoms with Gasteiger partial charge in [-0.1, -0.05) is 18.2 Å². The van der Waals surface area contributed by atoms with Gasteiger partial charge in [0.2, 0.25) is 0 Å². The fourth-order valence-corrected chi connectivity index (χ4v) is 4.25. The Morgan fingerprint density at radius 2 is 1.90 bits per heavy atom. The summed E-state index contributed by atoms with van der Waals surface area (Å²) in [6.45, 7) is 0.827. The SMILES string of the molecule is COc1ccc(C(=O)Nc2ccccc2-c2cn3c(CN(C)C)csc3n2)cc1OC. The molecule has 0 fully saturated rings. The van der Waals surface area contributed by atoms with Gasteiger partial charge in [0.1, 0.15) is 0 Å². The summed E-state index contributed by atoms with van der Waals surface area (Å²) in [5.74, 6) is 0.847. The number of thiazole rings is 1. The van der Waals surface area contributed by atoms with Gasteiger partial charge in [0.25, 0.3) is 5.91 Å². The van der Waals surface area contributed by atoms with Gasteiger partial charge in [-0.05, 0) is 38.4 Å². The molecule has 2 aromatic carbocycles. The fraction of sp³-hybridized carbons (Fsp3) is 0.217. The highest BCUT2D eigenvalue weighted by Crippen LogP contribution is 2.31. The van der Waals surface area contributed by atoms with Gasteiger partial charge < -0.3 is 19.7 Å². The molecule has 0 unspecified atom stereocenters. The van der Waals surface area contributed by atoms with E-state index in [9.17, 15) is 4.79 Å². The molecule has 1 amide bonds. The molecule has 0 radical (unpaired) electrons. The smallest absolute Gasteiger partial charge is 0.255 e. The van der Waals surface area contributed by atoms with E-state index in [-0.39, 0.29) is 5.91 Å². The lowest BCUT2D eigenvalue weighted by Crippen LogP contribution is -2.13. The molecule has 2 aromatic heterocycles. The van der Waals surface area contributed by atoms with Crippen molar-refractivity contribution in [2.24, 2.45) is 0 Å². The lowest BCUT2D eigenvalue weighted by atomic mass is 10.1. The van der Waals surface area contributed by atoms with E-state index >= 15 is 0 Å². The molecule has 8 heteroatoms. The molecule has 160 valence electrons. The summed E-state index contributed by atoms with van der Waals surface area (Å²) in [5, 5.41) is 5.13. The predicted octanol–water partition coefficient (Wildman–Crippen LogP) is 4.39. The summed E-state index contributed by atoms with van der Waals surface area (Å²) < 4.78 is 12.7. The number of aromatic nitrogens is 2. The van der Waals surface area contributed by atoms with E-state index in [1.165, 1.54) is 5.69 Å². The Bertz CT molecular complexity index is 1230. The van der Waals surface area contributed by atoms with Crippen LogP contribution < -0.4 is 14.8 Å². The van der Waals surface area contributed by atoms with Crippen LogP contribution in [0.5, 0.6) is 11.5 Å². The van der Waals surface area contributed by atoms with Crippen LogP contribution in [0.3, 0.4) is 0 Å². The van der Waals surface area contributed by atoms with E-state index in [1.54, 1.807) is 43.8 Å².